The van der Waals surface area contributed by atoms with Gasteiger partial charge in [-0.15, -0.1) is 0 Å². The maximum atomic E-state index is 10.7. The lowest BCUT2D eigenvalue weighted by atomic mass is 9.83. The van der Waals surface area contributed by atoms with E-state index >= 15 is 0 Å². The van der Waals surface area contributed by atoms with Crippen molar-refractivity contribution < 1.29 is 10.0 Å². The zero-order chi connectivity index (χ0) is 13.3. The summed E-state index contributed by atoms with van der Waals surface area (Å²) in [7, 11) is 0. The summed E-state index contributed by atoms with van der Waals surface area (Å²) in [6.07, 6.45) is 0. The zero-order valence-corrected chi connectivity index (χ0v) is 10.7. The van der Waals surface area contributed by atoms with Gasteiger partial charge in [-0.25, -0.2) is 0 Å². The second-order valence-corrected chi connectivity index (χ2v) is 5.33. The van der Waals surface area contributed by atoms with Crippen LogP contribution in [0.5, 0.6) is 0 Å². The van der Waals surface area contributed by atoms with E-state index in [0.717, 1.165) is 5.56 Å². The van der Waals surface area contributed by atoms with Crippen molar-refractivity contribution in [3.8, 4) is 0 Å². The smallest absolute Gasteiger partial charge is 0.269 e. The Morgan fingerprint density at radius 1 is 1.50 bits per heavy atom. The lowest BCUT2D eigenvalue weighted by Gasteiger charge is -2.49. The molecule has 0 aromatic heterocycles. The highest BCUT2D eigenvalue weighted by molar-refractivity contribution is 5.34. The first kappa shape index (κ1) is 13.0. The second kappa shape index (κ2) is 4.66. The third kappa shape index (κ3) is 2.52. The molecule has 0 amide bonds. The molecule has 0 spiro atoms. The van der Waals surface area contributed by atoms with Crippen molar-refractivity contribution >= 4 is 5.69 Å². The first-order chi connectivity index (χ1) is 8.40. The van der Waals surface area contributed by atoms with Gasteiger partial charge in [-0.3, -0.25) is 15.0 Å². The van der Waals surface area contributed by atoms with Gasteiger partial charge < -0.3 is 5.11 Å². The molecule has 0 bridgehead atoms. The van der Waals surface area contributed by atoms with E-state index in [2.05, 4.69) is 4.90 Å². The number of nitro groups is 1. The van der Waals surface area contributed by atoms with E-state index in [9.17, 15) is 15.2 Å². The van der Waals surface area contributed by atoms with Gasteiger partial charge in [0.15, 0.2) is 0 Å². The topological polar surface area (TPSA) is 66.6 Å². The molecular formula is C13H18N2O3. The molecule has 1 heterocycles. The number of non-ortho nitro benzene ring substituents is 1. The van der Waals surface area contributed by atoms with E-state index in [1.54, 1.807) is 12.1 Å². The Labute approximate surface area is 106 Å². The van der Waals surface area contributed by atoms with Crippen molar-refractivity contribution in [2.75, 3.05) is 13.1 Å². The van der Waals surface area contributed by atoms with Crippen LogP contribution < -0.4 is 0 Å². The van der Waals surface area contributed by atoms with Crippen LogP contribution in [0.3, 0.4) is 0 Å². The lowest BCUT2D eigenvalue weighted by molar-refractivity contribution is -0.384. The van der Waals surface area contributed by atoms with Crippen molar-refractivity contribution in [2.45, 2.75) is 26.0 Å². The number of rotatable bonds is 4. The molecule has 1 saturated heterocycles. The Balaban J connectivity index is 1.96. The SMILES string of the molecule is CC(C)C1(O)CN(Cc2cccc([N+](=O)[O-])c2)C1. The number of β-amino-alcohol motifs (C(OH)–C–C–N with tert-alkyl or cyclic N) is 1. The Bertz CT molecular complexity index is 453. The molecule has 0 saturated carbocycles. The average molecular weight is 250 g/mol. The normalized spacial score (nSPS) is 18.7. The van der Waals surface area contributed by atoms with Crippen molar-refractivity contribution in [1.29, 1.82) is 0 Å². The average Bonchev–Trinajstić information content (AvgIpc) is 2.26. The number of benzene rings is 1. The van der Waals surface area contributed by atoms with Crippen LogP contribution >= 0.6 is 0 Å². The standard InChI is InChI=1S/C13H18N2O3/c1-10(2)13(16)8-14(9-13)7-11-4-3-5-12(6-11)15(17)18/h3-6,10,16H,7-9H2,1-2H3. The first-order valence-corrected chi connectivity index (χ1v) is 6.09. The molecule has 1 aliphatic rings. The molecule has 2 rings (SSSR count). The maximum absolute atomic E-state index is 10.7. The van der Waals surface area contributed by atoms with Crippen molar-refractivity contribution in [3.05, 3.63) is 39.9 Å². The van der Waals surface area contributed by atoms with Gasteiger partial charge in [-0.1, -0.05) is 26.0 Å². The molecule has 1 aliphatic heterocycles. The van der Waals surface area contributed by atoms with E-state index in [1.807, 2.05) is 19.9 Å². The second-order valence-electron chi connectivity index (χ2n) is 5.33. The van der Waals surface area contributed by atoms with E-state index in [-0.39, 0.29) is 16.5 Å². The number of hydrogen-bond acceptors (Lipinski definition) is 4. The summed E-state index contributed by atoms with van der Waals surface area (Å²) >= 11 is 0. The third-order valence-corrected chi connectivity index (χ3v) is 3.60. The highest BCUT2D eigenvalue weighted by atomic mass is 16.6. The quantitative estimate of drug-likeness (QED) is 0.653. The van der Waals surface area contributed by atoms with Crippen LogP contribution in [-0.4, -0.2) is 33.6 Å². The summed E-state index contributed by atoms with van der Waals surface area (Å²) in [5, 5.41) is 20.8. The van der Waals surface area contributed by atoms with Crippen LogP contribution in [0, 0.1) is 16.0 Å². The number of nitro benzene ring substituents is 1. The predicted molar refractivity (Wildman–Crippen MR) is 68.2 cm³/mol. The van der Waals surface area contributed by atoms with E-state index in [0.29, 0.717) is 19.6 Å². The minimum Gasteiger partial charge on any atom is -0.387 e. The fraction of sp³-hybridized carbons (Fsp3) is 0.538. The van der Waals surface area contributed by atoms with Gasteiger partial charge in [0.1, 0.15) is 0 Å². The first-order valence-electron chi connectivity index (χ1n) is 6.09. The van der Waals surface area contributed by atoms with E-state index in [1.165, 1.54) is 6.07 Å². The molecule has 5 nitrogen and oxygen atoms in total. The van der Waals surface area contributed by atoms with Gasteiger partial charge in [-0.2, -0.15) is 0 Å². The van der Waals surface area contributed by atoms with Gasteiger partial charge in [0.2, 0.25) is 0 Å². The molecule has 0 unspecified atom stereocenters. The predicted octanol–water partition coefficient (Wildman–Crippen LogP) is 1.80. The monoisotopic (exact) mass is 250 g/mol. The number of nitrogens with zero attached hydrogens (tertiary/aromatic N) is 2. The number of hydrogen-bond donors (Lipinski definition) is 1. The summed E-state index contributed by atoms with van der Waals surface area (Å²) in [5.41, 5.74) is 0.433. The molecule has 1 N–H and O–H groups in total. The lowest BCUT2D eigenvalue weighted by Crippen LogP contribution is -2.63. The summed E-state index contributed by atoms with van der Waals surface area (Å²) < 4.78 is 0. The largest absolute Gasteiger partial charge is 0.387 e. The number of aliphatic hydroxyl groups is 1. The maximum Gasteiger partial charge on any atom is 0.269 e. The zero-order valence-electron chi connectivity index (χ0n) is 10.7. The van der Waals surface area contributed by atoms with Crippen LogP contribution in [0.4, 0.5) is 5.69 Å². The summed E-state index contributed by atoms with van der Waals surface area (Å²) in [6.45, 7) is 5.92. The highest BCUT2D eigenvalue weighted by Crippen LogP contribution is 2.30. The fourth-order valence-electron chi connectivity index (χ4n) is 2.23. The molecule has 98 valence electrons. The third-order valence-electron chi connectivity index (χ3n) is 3.60. The molecule has 18 heavy (non-hydrogen) atoms. The van der Waals surface area contributed by atoms with Crippen LogP contribution in [0.25, 0.3) is 0 Å². The Morgan fingerprint density at radius 2 is 2.17 bits per heavy atom. The molecule has 0 radical (unpaired) electrons. The number of likely N-dealkylation sites (tertiary alicyclic amines) is 1. The van der Waals surface area contributed by atoms with Gasteiger partial charge in [-0.05, 0) is 11.5 Å². The highest BCUT2D eigenvalue weighted by Gasteiger charge is 2.43. The Morgan fingerprint density at radius 3 is 2.72 bits per heavy atom. The fourth-order valence-corrected chi connectivity index (χ4v) is 2.23. The molecular weight excluding hydrogens is 232 g/mol. The molecule has 0 atom stereocenters. The van der Waals surface area contributed by atoms with Crippen molar-refractivity contribution in [1.82, 2.24) is 4.90 Å². The molecule has 1 aromatic rings. The molecule has 5 heteroatoms. The van der Waals surface area contributed by atoms with Crippen LogP contribution in [0.2, 0.25) is 0 Å². The van der Waals surface area contributed by atoms with Gasteiger partial charge >= 0.3 is 0 Å². The molecule has 1 aromatic carbocycles. The van der Waals surface area contributed by atoms with Gasteiger partial charge in [0.25, 0.3) is 5.69 Å². The van der Waals surface area contributed by atoms with Crippen LogP contribution in [0.15, 0.2) is 24.3 Å². The summed E-state index contributed by atoms with van der Waals surface area (Å²) in [6, 6.07) is 6.65. The Hall–Kier alpha value is -1.46. The van der Waals surface area contributed by atoms with Crippen LogP contribution in [0.1, 0.15) is 19.4 Å². The molecule has 0 aliphatic carbocycles. The summed E-state index contributed by atoms with van der Waals surface area (Å²) in [4.78, 5) is 12.4. The van der Waals surface area contributed by atoms with Crippen molar-refractivity contribution in [3.63, 3.8) is 0 Å². The minimum absolute atomic E-state index is 0.118. The Kier molecular flexibility index (Phi) is 3.36. The molecule has 1 fully saturated rings. The summed E-state index contributed by atoms with van der Waals surface area (Å²) in [5.74, 6) is 0.235. The van der Waals surface area contributed by atoms with Crippen LogP contribution in [-0.2, 0) is 6.54 Å². The van der Waals surface area contributed by atoms with Gasteiger partial charge in [0, 0.05) is 31.8 Å². The van der Waals surface area contributed by atoms with E-state index in [4.69, 9.17) is 0 Å². The van der Waals surface area contributed by atoms with E-state index < -0.39 is 5.60 Å². The minimum atomic E-state index is -0.597. The van der Waals surface area contributed by atoms with Gasteiger partial charge in [0.05, 0.1) is 10.5 Å². The van der Waals surface area contributed by atoms with Crippen molar-refractivity contribution in [2.24, 2.45) is 5.92 Å².